The van der Waals surface area contributed by atoms with E-state index in [9.17, 15) is 13.2 Å². The lowest BCUT2D eigenvalue weighted by Gasteiger charge is -2.10. The highest BCUT2D eigenvalue weighted by atomic mass is 19.4. The van der Waals surface area contributed by atoms with Gasteiger partial charge >= 0.3 is 6.18 Å². The third-order valence-electron chi connectivity index (χ3n) is 2.38. The molecular formula is C11H9F3N2O. The molecule has 6 heteroatoms. The number of alkyl halides is 3. The van der Waals surface area contributed by atoms with Gasteiger partial charge in [-0.2, -0.15) is 13.2 Å². The fraction of sp³-hybridized carbons (Fsp3) is 0.182. The van der Waals surface area contributed by atoms with E-state index in [1.165, 1.54) is 12.3 Å². The van der Waals surface area contributed by atoms with Crippen LogP contribution in [0.3, 0.4) is 0 Å². The number of rotatable bonds is 2. The Balaban J connectivity index is 2.59. The number of benzene rings is 1. The van der Waals surface area contributed by atoms with Crippen molar-refractivity contribution in [3.63, 3.8) is 0 Å². The average Bonchev–Trinajstić information content (AvgIpc) is 2.27. The Morgan fingerprint density at radius 3 is 2.65 bits per heavy atom. The number of aromatic nitrogens is 1. The van der Waals surface area contributed by atoms with Gasteiger partial charge in [-0.25, -0.2) is 5.90 Å². The summed E-state index contributed by atoms with van der Waals surface area (Å²) in [5.41, 5.74) is -0.0451. The van der Waals surface area contributed by atoms with Crippen molar-refractivity contribution < 1.29 is 18.0 Å². The lowest BCUT2D eigenvalue weighted by Crippen LogP contribution is -2.06. The molecule has 2 rings (SSSR count). The molecule has 1 aromatic carbocycles. The van der Waals surface area contributed by atoms with Crippen LogP contribution < -0.4 is 5.90 Å². The Hall–Kier alpha value is -1.66. The number of pyridine rings is 1. The lowest BCUT2D eigenvalue weighted by atomic mass is 10.1. The highest BCUT2D eigenvalue weighted by molar-refractivity contribution is 5.85. The summed E-state index contributed by atoms with van der Waals surface area (Å²) in [6.45, 7) is 0.145. The third-order valence-corrected chi connectivity index (χ3v) is 2.38. The number of fused-ring (bicyclic) bond motifs is 1. The smallest absolute Gasteiger partial charge is 0.300 e. The van der Waals surface area contributed by atoms with Crippen molar-refractivity contribution in [1.82, 2.24) is 4.98 Å². The lowest BCUT2D eigenvalue weighted by molar-refractivity contribution is -0.136. The molecule has 0 saturated carbocycles. The van der Waals surface area contributed by atoms with E-state index in [0.29, 0.717) is 10.9 Å². The minimum Gasteiger partial charge on any atom is -0.300 e. The van der Waals surface area contributed by atoms with Gasteiger partial charge in [0.25, 0.3) is 0 Å². The molecule has 0 radical (unpaired) electrons. The van der Waals surface area contributed by atoms with Crippen molar-refractivity contribution in [2.75, 3.05) is 0 Å². The van der Waals surface area contributed by atoms with Gasteiger partial charge in [0.2, 0.25) is 0 Å². The maximum absolute atomic E-state index is 12.7. The summed E-state index contributed by atoms with van der Waals surface area (Å²) < 4.78 is 38.0. The molecule has 3 nitrogen and oxygen atoms in total. The summed E-state index contributed by atoms with van der Waals surface area (Å²) in [4.78, 5) is 8.02. The fourth-order valence-corrected chi connectivity index (χ4v) is 1.64. The highest BCUT2D eigenvalue weighted by Crippen LogP contribution is 2.34. The van der Waals surface area contributed by atoms with Gasteiger partial charge in [0.1, 0.15) is 0 Å². The van der Waals surface area contributed by atoms with Gasteiger partial charge in [0.15, 0.2) is 0 Å². The van der Waals surface area contributed by atoms with Crippen molar-refractivity contribution in [1.29, 1.82) is 0 Å². The number of halogens is 3. The second-order valence-corrected chi connectivity index (χ2v) is 3.55. The summed E-state index contributed by atoms with van der Waals surface area (Å²) in [6, 6.07) is 4.52. The van der Waals surface area contributed by atoms with Crippen LogP contribution in [0.15, 0.2) is 30.6 Å². The van der Waals surface area contributed by atoms with Crippen LogP contribution in [0.2, 0.25) is 0 Å². The Kier molecular flexibility index (Phi) is 2.99. The minimum atomic E-state index is -4.40. The second kappa shape index (κ2) is 4.31. The first-order valence-corrected chi connectivity index (χ1v) is 4.78. The van der Waals surface area contributed by atoms with E-state index in [1.807, 2.05) is 0 Å². The van der Waals surface area contributed by atoms with E-state index in [2.05, 4.69) is 9.82 Å². The standard InChI is InChI=1S/C11H9F3N2O/c12-11(13,14)10-5-16-4-8-3-7(6-17-15)1-2-9(8)10/h1-5H,6,15H2. The molecular weight excluding hydrogens is 233 g/mol. The van der Waals surface area contributed by atoms with E-state index in [-0.39, 0.29) is 12.0 Å². The van der Waals surface area contributed by atoms with Gasteiger partial charge in [0.05, 0.1) is 12.2 Å². The molecule has 0 aliphatic rings. The molecule has 1 heterocycles. The van der Waals surface area contributed by atoms with Crippen LogP contribution in [-0.2, 0) is 17.6 Å². The Labute approximate surface area is 95.0 Å². The molecule has 0 unspecified atom stereocenters. The van der Waals surface area contributed by atoms with Crippen LogP contribution in [0.25, 0.3) is 10.8 Å². The largest absolute Gasteiger partial charge is 0.418 e. The molecule has 0 fully saturated rings. The molecule has 17 heavy (non-hydrogen) atoms. The fourth-order valence-electron chi connectivity index (χ4n) is 1.64. The molecule has 1 aromatic heterocycles. The van der Waals surface area contributed by atoms with E-state index in [4.69, 9.17) is 5.90 Å². The number of hydrogen-bond donors (Lipinski definition) is 1. The van der Waals surface area contributed by atoms with Crippen molar-refractivity contribution in [3.8, 4) is 0 Å². The Morgan fingerprint density at radius 1 is 1.24 bits per heavy atom. The topological polar surface area (TPSA) is 48.1 Å². The van der Waals surface area contributed by atoms with Gasteiger partial charge in [-0.15, -0.1) is 0 Å². The van der Waals surface area contributed by atoms with Crippen LogP contribution in [0.1, 0.15) is 11.1 Å². The summed E-state index contributed by atoms with van der Waals surface area (Å²) >= 11 is 0. The first-order valence-electron chi connectivity index (χ1n) is 4.78. The molecule has 90 valence electrons. The van der Waals surface area contributed by atoms with Gasteiger partial charge in [0, 0.05) is 17.8 Å². The molecule has 0 atom stereocenters. The van der Waals surface area contributed by atoms with E-state index in [0.717, 1.165) is 6.20 Å². The van der Waals surface area contributed by atoms with Gasteiger partial charge in [-0.3, -0.25) is 9.82 Å². The van der Waals surface area contributed by atoms with Crippen LogP contribution in [0.4, 0.5) is 13.2 Å². The Morgan fingerprint density at radius 2 is 2.00 bits per heavy atom. The maximum atomic E-state index is 12.7. The average molecular weight is 242 g/mol. The molecule has 2 aromatic rings. The molecule has 0 spiro atoms. The molecule has 0 amide bonds. The van der Waals surface area contributed by atoms with Gasteiger partial charge < -0.3 is 0 Å². The van der Waals surface area contributed by atoms with Gasteiger partial charge in [-0.05, 0) is 17.0 Å². The summed E-state index contributed by atoms with van der Waals surface area (Å²) in [5.74, 6) is 4.91. The number of nitrogens with two attached hydrogens (primary N) is 1. The first-order chi connectivity index (χ1) is 8.02. The molecule has 0 aliphatic heterocycles. The zero-order valence-corrected chi connectivity index (χ0v) is 8.66. The van der Waals surface area contributed by atoms with Crippen LogP contribution in [-0.4, -0.2) is 4.98 Å². The summed E-state index contributed by atoms with van der Waals surface area (Å²) in [7, 11) is 0. The zero-order chi connectivity index (χ0) is 12.5. The molecule has 0 aliphatic carbocycles. The normalized spacial score (nSPS) is 12.0. The van der Waals surface area contributed by atoms with Crippen molar-refractivity contribution in [2.45, 2.75) is 12.8 Å². The molecule has 2 N–H and O–H groups in total. The first kappa shape index (κ1) is 11.8. The minimum absolute atomic E-state index is 0.119. The SMILES string of the molecule is NOCc1ccc2c(C(F)(F)F)cncc2c1. The molecule has 0 bridgehead atoms. The highest BCUT2D eigenvalue weighted by Gasteiger charge is 2.32. The van der Waals surface area contributed by atoms with Crippen LogP contribution >= 0.6 is 0 Å². The summed E-state index contributed by atoms with van der Waals surface area (Å²) in [5, 5.41) is 0.530. The van der Waals surface area contributed by atoms with Crippen LogP contribution in [0, 0.1) is 0 Å². The van der Waals surface area contributed by atoms with Crippen molar-refractivity contribution >= 4 is 10.8 Å². The predicted molar refractivity (Wildman–Crippen MR) is 55.7 cm³/mol. The maximum Gasteiger partial charge on any atom is 0.418 e. The predicted octanol–water partition coefficient (Wildman–Crippen LogP) is 2.64. The third kappa shape index (κ3) is 2.37. The summed E-state index contributed by atoms with van der Waals surface area (Å²) in [6.07, 6.45) is -2.20. The number of hydrogen-bond acceptors (Lipinski definition) is 3. The van der Waals surface area contributed by atoms with Crippen molar-refractivity contribution in [3.05, 3.63) is 41.7 Å². The quantitative estimate of drug-likeness (QED) is 0.823. The van der Waals surface area contributed by atoms with E-state index < -0.39 is 11.7 Å². The number of nitrogens with zero attached hydrogens (tertiary/aromatic N) is 1. The zero-order valence-electron chi connectivity index (χ0n) is 8.66. The van der Waals surface area contributed by atoms with Gasteiger partial charge in [-0.1, -0.05) is 12.1 Å². The van der Waals surface area contributed by atoms with E-state index in [1.54, 1.807) is 12.1 Å². The second-order valence-electron chi connectivity index (χ2n) is 3.55. The van der Waals surface area contributed by atoms with Crippen molar-refractivity contribution in [2.24, 2.45) is 5.90 Å². The molecule has 0 saturated heterocycles. The van der Waals surface area contributed by atoms with Crippen LogP contribution in [0.5, 0.6) is 0 Å². The monoisotopic (exact) mass is 242 g/mol. The van der Waals surface area contributed by atoms with E-state index >= 15 is 0 Å². The Bertz CT molecular complexity index is 540.